The Morgan fingerprint density at radius 1 is 1.11 bits per heavy atom. The van der Waals surface area contributed by atoms with E-state index in [0.29, 0.717) is 35.3 Å². The Labute approximate surface area is 165 Å². The molecular formula is C19H19FN6OS. The van der Waals surface area contributed by atoms with E-state index in [2.05, 4.69) is 15.0 Å². The molecule has 144 valence electrons. The van der Waals surface area contributed by atoms with Gasteiger partial charge in [0, 0.05) is 44.0 Å². The Kier molecular flexibility index (Phi) is 4.21. The first-order valence-electron chi connectivity index (χ1n) is 9.25. The van der Waals surface area contributed by atoms with Gasteiger partial charge in [-0.05, 0) is 19.5 Å². The van der Waals surface area contributed by atoms with Crippen molar-refractivity contribution in [2.24, 2.45) is 0 Å². The third-order valence-electron chi connectivity index (χ3n) is 5.17. The zero-order chi connectivity index (χ0) is 19.3. The van der Waals surface area contributed by atoms with Crippen LogP contribution in [0.25, 0.3) is 20.8 Å². The predicted molar refractivity (Wildman–Crippen MR) is 107 cm³/mol. The predicted octanol–water partition coefficient (Wildman–Crippen LogP) is 2.38. The van der Waals surface area contributed by atoms with Gasteiger partial charge >= 0.3 is 0 Å². The maximum absolute atomic E-state index is 14.5. The minimum Gasteiger partial charge on any atom is -0.354 e. The van der Waals surface area contributed by atoms with E-state index in [9.17, 15) is 9.18 Å². The fourth-order valence-electron chi connectivity index (χ4n) is 3.43. The third kappa shape index (κ3) is 3.00. The number of pyridine rings is 2. The number of aromatic nitrogens is 3. The molecule has 0 bridgehead atoms. The summed E-state index contributed by atoms with van der Waals surface area (Å²) in [6.07, 6.45) is 4.42. The smallest absolute Gasteiger partial charge is 0.242 e. The van der Waals surface area contributed by atoms with Gasteiger partial charge in [0.2, 0.25) is 5.91 Å². The maximum Gasteiger partial charge on any atom is 0.242 e. The number of fused-ring (bicyclic) bond motifs is 1. The van der Waals surface area contributed by atoms with E-state index in [1.807, 2.05) is 22.9 Å². The van der Waals surface area contributed by atoms with Crippen molar-refractivity contribution in [1.82, 2.24) is 19.9 Å². The normalized spacial score (nSPS) is 18.0. The summed E-state index contributed by atoms with van der Waals surface area (Å²) in [5.41, 5.74) is 1.39. The average molecular weight is 398 g/mol. The fraction of sp³-hybridized carbons (Fsp3) is 0.368. The molecule has 5 rings (SSSR count). The summed E-state index contributed by atoms with van der Waals surface area (Å²) < 4.78 is 15.4. The highest BCUT2D eigenvalue weighted by molar-refractivity contribution is 7.21. The molecule has 2 fully saturated rings. The van der Waals surface area contributed by atoms with Crippen molar-refractivity contribution in [2.75, 3.05) is 49.6 Å². The van der Waals surface area contributed by atoms with Gasteiger partial charge in [-0.2, -0.15) is 0 Å². The highest BCUT2D eigenvalue weighted by Gasteiger charge is 2.24. The number of piperazine rings is 1. The lowest BCUT2D eigenvalue weighted by molar-refractivity contribution is -0.120. The lowest BCUT2D eigenvalue weighted by atomic mass is 10.2. The molecule has 1 amide bonds. The summed E-state index contributed by atoms with van der Waals surface area (Å²) in [6.45, 7) is 3.52. The standard InChI is InChI=1S/C19H19FN6OS/c1-24-5-6-26(17(27)11-24)16-8-15-14(10-21-16)23-19(28-15)12-7-13(20)18(22-9-12)25-3-2-4-25/h7-10H,2-6,11H2,1H3. The Bertz CT molecular complexity index is 1070. The van der Waals surface area contributed by atoms with Crippen molar-refractivity contribution in [3.05, 3.63) is 30.3 Å². The van der Waals surface area contributed by atoms with Crippen LogP contribution in [0.1, 0.15) is 6.42 Å². The van der Waals surface area contributed by atoms with E-state index in [1.54, 1.807) is 17.3 Å². The molecular weight excluding hydrogens is 379 g/mol. The number of likely N-dealkylation sites (N-methyl/N-ethyl adjacent to an activating group) is 1. The van der Waals surface area contributed by atoms with Crippen molar-refractivity contribution in [3.63, 3.8) is 0 Å². The van der Waals surface area contributed by atoms with Crippen LogP contribution in [-0.4, -0.2) is 65.5 Å². The molecule has 7 nitrogen and oxygen atoms in total. The van der Waals surface area contributed by atoms with E-state index in [-0.39, 0.29) is 11.7 Å². The number of halogens is 1. The molecule has 5 heterocycles. The fourth-order valence-corrected chi connectivity index (χ4v) is 4.38. The molecule has 0 N–H and O–H groups in total. The number of carbonyl (C=O) groups excluding carboxylic acids is 1. The first-order valence-corrected chi connectivity index (χ1v) is 10.1. The minimum absolute atomic E-state index is 0.0400. The maximum atomic E-state index is 14.5. The van der Waals surface area contributed by atoms with Crippen LogP contribution in [0.2, 0.25) is 0 Å². The van der Waals surface area contributed by atoms with Crippen LogP contribution in [0.4, 0.5) is 16.0 Å². The first kappa shape index (κ1) is 17.4. The molecule has 3 aromatic heterocycles. The lowest BCUT2D eigenvalue weighted by Gasteiger charge is -2.32. The van der Waals surface area contributed by atoms with Crippen LogP contribution >= 0.6 is 11.3 Å². The van der Waals surface area contributed by atoms with Crippen molar-refractivity contribution < 1.29 is 9.18 Å². The summed E-state index contributed by atoms with van der Waals surface area (Å²) in [5.74, 6) is 0.767. The zero-order valence-electron chi connectivity index (χ0n) is 15.4. The summed E-state index contributed by atoms with van der Waals surface area (Å²) in [7, 11) is 1.93. The first-order chi connectivity index (χ1) is 13.6. The highest BCUT2D eigenvalue weighted by atomic mass is 32.1. The molecule has 0 radical (unpaired) electrons. The molecule has 0 aromatic carbocycles. The largest absolute Gasteiger partial charge is 0.354 e. The number of nitrogens with zero attached hydrogens (tertiary/aromatic N) is 6. The van der Waals surface area contributed by atoms with Crippen LogP contribution < -0.4 is 9.80 Å². The van der Waals surface area contributed by atoms with E-state index < -0.39 is 0 Å². The van der Waals surface area contributed by atoms with Gasteiger partial charge in [-0.1, -0.05) is 0 Å². The van der Waals surface area contributed by atoms with Gasteiger partial charge in [0.15, 0.2) is 11.6 Å². The summed E-state index contributed by atoms with van der Waals surface area (Å²) in [4.78, 5) is 31.2. The van der Waals surface area contributed by atoms with Crippen LogP contribution in [-0.2, 0) is 4.79 Å². The molecule has 28 heavy (non-hydrogen) atoms. The van der Waals surface area contributed by atoms with Crippen LogP contribution in [0.3, 0.4) is 0 Å². The zero-order valence-corrected chi connectivity index (χ0v) is 16.2. The van der Waals surface area contributed by atoms with Crippen LogP contribution in [0.15, 0.2) is 24.5 Å². The molecule has 2 saturated heterocycles. The number of rotatable bonds is 3. The average Bonchev–Trinajstić information content (AvgIpc) is 3.05. The molecule has 0 atom stereocenters. The van der Waals surface area contributed by atoms with Gasteiger partial charge in [0.25, 0.3) is 0 Å². The monoisotopic (exact) mass is 398 g/mol. The summed E-state index contributed by atoms with van der Waals surface area (Å²) >= 11 is 1.45. The van der Waals surface area contributed by atoms with E-state index in [0.717, 1.165) is 36.3 Å². The highest BCUT2D eigenvalue weighted by Crippen LogP contribution is 2.33. The van der Waals surface area contributed by atoms with Crippen molar-refractivity contribution in [1.29, 1.82) is 0 Å². The topological polar surface area (TPSA) is 65.5 Å². The van der Waals surface area contributed by atoms with Crippen LogP contribution in [0, 0.1) is 5.82 Å². The Morgan fingerprint density at radius 3 is 2.68 bits per heavy atom. The number of thiazole rings is 1. The Hall–Kier alpha value is -2.65. The Morgan fingerprint density at radius 2 is 1.96 bits per heavy atom. The molecule has 0 unspecified atom stereocenters. The molecule has 0 aliphatic carbocycles. The van der Waals surface area contributed by atoms with Crippen molar-refractivity contribution in [3.8, 4) is 10.6 Å². The van der Waals surface area contributed by atoms with E-state index >= 15 is 0 Å². The quantitative estimate of drug-likeness (QED) is 0.675. The minimum atomic E-state index is -0.321. The SMILES string of the molecule is CN1CCN(c2cc3sc(-c4cnc(N5CCC5)c(F)c4)nc3cn2)C(=O)C1. The molecule has 3 aromatic rings. The molecule has 0 spiro atoms. The van der Waals surface area contributed by atoms with Crippen molar-refractivity contribution in [2.45, 2.75) is 6.42 Å². The number of carbonyl (C=O) groups is 1. The lowest BCUT2D eigenvalue weighted by Crippen LogP contribution is -2.49. The second kappa shape index (κ2) is 6.75. The molecule has 2 aliphatic heterocycles. The second-order valence-electron chi connectivity index (χ2n) is 7.18. The Balaban J connectivity index is 1.45. The van der Waals surface area contributed by atoms with Gasteiger partial charge in [-0.3, -0.25) is 14.6 Å². The summed E-state index contributed by atoms with van der Waals surface area (Å²) in [5, 5.41) is 0.695. The van der Waals surface area contributed by atoms with Gasteiger partial charge in [-0.15, -0.1) is 11.3 Å². The van der Waals surface area contributed by atoms with Gasteiger partial charge < -0.3 is 4.90 Å². The third-order valence-corrected chi connectivity index (χ3v) is 6.24. The van der Waals surface area contributed by atoms with Gasteiger partial charge in [0.05, 0.1) is 17.4 Å². The molecule has 2 aliphatic rings. The van der Waals surface area contributed by atoms with E-state index in [4.69, 9.17) is 0 Å². The molecule has 9 heteroatoms. The van der Waals surface area contributed by atoms with Gasteiger partial charge in [0.1, 0.15) is 16.3 Å². The van der Waals surface area contributed by atoms with Gasteiger partial charge in [-0.25, -0.2) is 19.3 Å². The number of amides is 1. The second-order valence-corrected chi connectivity index (χ2v) is 8.21. The molecule has 0 saturated carbocycles. The van der Waals surface area contributed by atoms with E-state index in [1.165, 1.54) is 17.4 Å². The summed E-state index contributed by atoms with van der Waals surface area (Å²) in [6, 6.07) is 3.38. The van der Waals surface area contributed by atoms with Crippen LogP contribution in [0.5, 0.6) is 0 Å². The number of hydrogen-bond acceptors (Lipinski definition) is 7. The number of anilines is 2. The number of hydrogen-bond donors (Lipinski definition) is 0. The van der Waals surface area contributed by atoms with Crippen molar-refractivity contribution >= 4 is 39.1 Å².